The fourth-order valence-electron chi connectivity index (χ4n) is 2.15. The summed E-state index contributed by atoms with van der Waals surface area (Å²) in [4.78, 5) is 0. The van der Waals surface area contributed by atoms with Gasteiger partial charge < -0.3 is 10.1 Å². The fraction of sp³-hybridized carbons (Fsp3) is 0.333. The molecule has 2 rings (SSSR count). The van der Waals surface area contributed by atoms with Crippen LogP contribution in [0.4, 0.5) is 5.69 Å². The minimum Gasteiger partial charge on any atom is -0.492 e. The van der Waals surface area contributed by atoms with Gasteiger partial charge >= 0.3 is 0 Å². The van der Waals surface area contributed by atoms with Gasteiger partial charge in [-0.3, -0.25) is 0 Å². The summed E-state index contributed by atoms with van der Waals surface area (Å²) in [5.74, 6) is 1.44. The molecule has 0 bridgehead atoms. The molecule has 0 spiro atoms. The lowest BCUT2D eigenvalue weighted by molar-refractivity contribution is 0.332. The number of anilines is 1. The van der Waals surface area contributed by atoms with E-state index < -0.39 is 0 Å². The van der Waals surface area contributed by atoms with Gasteiger partial charge in [0.1, 0.15) is 12.4 Å². The molecule has 0 fully saturated rings. The monoisotopic (exact) mass is 303 g/mol. The maximum Gasteiger partial charge on any atom is 0.119 e. The second kappa shape index (κ2) is 7.37. The quantitative estimate of drug-likeness (QED) is 0.735. The lowest BCUT2D eigenvalue weighted by atomic mass is 10.0. The predicted octanol–water partition coefficient (Wildman–Crippen LogP) is 5.26. The second-order valence-electron chi connectivity index (χ2n) is 5.49. The zero-order valence-corrected chi connectivity index (χ0v) is 13.6. The van der Waals surface area contributed by atoms with Gasteiger partial charge in [0.25, 0.3) is 0 Å². The first-order valence-electron chi connectivity index (χ1n) is 7.29. The standard InChI is InChI=1S/C18H22ClNO/c1-13(2)15-10-14(3)11-16(12-15)21-9-8-20-18-7-5-4-6-17(18)19/h4-7,10-13,20H,8-9H2,1-3H3. The van der Waals surface area contributed by atoms with Crippen molar-refractivity contribution in [2.45, 2.75) is 26.7 Å². The van der Waals surface area contributed by atoms with Crippen molar-refractivity contribution in [1.29, 1.82) is 0 Å². The molecule has 2 nitrogen and oxygen atoms in total. The molecule has 0 aliphatic heterocycles. The number of hydrogen-bond acceptors (Lipinski definition) is 2. The van der Waals surface area contributed by atoms with Crippen LogP contribution in [0.2, 0.25) is 5.02 Å². The highest BCUT2D eigenvalue weighted by Crippen LogP contribution is 2.23. The van der Waals surface area contributed by atoms with E-state index in [1.54, 1.807) is 0 Å². The number of benzene rings is 2. The summed E-state index contributed by atoms with van der Waals surface area (Å²) in [5, 5.41) is 4.01. The molecular weight excluding hydrogens is 282 g/mol. The van der Waals surface area contributed by atoms with Gasteiger partial charge in [0, 0.05) is 6.54 Å². The highest BCUT2D eigenvalue weighted by molar-refractivity contribution is 6.33. The normalized spacial score (nSPS) is 10.7. The Balaban J connectivity index is 1.88. The molecule has 0 aliphatic rings. The minimum absolute atomic E-state index is 0.508. The highest BCUT2D eigenvalue weighted by Gasteiger charge is 2.04. The minimum atomic E-state index is 0.508. The molecule has 0 atom stereocenters. The van der Waals surface area contributed by atoms with Crippen LogP contribution in [-0.4, -0.2) is 13.2 Å². The molecule has 21 heavy (non-hydrogen) atoms. The number of hydrogen-bond donors (Lipinski definition) is 1. The Labute approximate surface area is 132 Å². The summed E-state index contributed by atoms with van der Waals surface area (Å²) in [5.41, 5.74) is 3.48. The molecule has 112 valence electrons. The zero-order chi connectivity index (χ0) is 15.2. The summed E-state index contributed by atoms with van der Waals surface area (Å²) in [6.07, 6.45) is 0. The molecule has 1 N–H and O–H groups in total. The Hall–Kier alpha value is -1.67. The topological polar surface area (TPSA) is 21.3 Å². The second-order valence-corrected chi connectivity index (χ2v) is 5.90. The Morgan fingerprint density at radius 1 is 1.14 bits per heavy atom. The van der Waals surface area contributed by atoms with Crippen molar-refractivity contribution in [1.82, 2.24) is 0 Å². The largest absolute Gasteiger partial charge is 0.492 e. The van der Waals surface area contributed by atoms with Crippen LogP contribution >= 0.6 is 11.6 Å². The summed E-state index contributed by atoms with van der Waals surface area (Å²) >= 11 is 6.09. The predicted molar refractivity (Wildman–Crippen MR) is 90.7 cm³/mol. The van der Waals surface area contributed by atoms with Gasteiger partial charge in [-0.15, -0.1) is 0 Å². The Morgan fingerprint density at radius 2 is 1.90 bits per heavy atom. The molecule has 0 amide bonds. The van der Waals surface area contributed by atoms with Gasteiger partial charge in [-0.2, -0.15) is 0 Å². The van der Waals surface area contributed by atoms with E-state index in [1.165, 1.54) is 11.1 Å². The number of nitrogens with one attached hydrogen (secondary N) is 1. The van der Waals surface area contributed by atoms with Gasteiger partial charge in [-0.05, 0) is 48.2 Å². The Bertz CT molecular complexity index is 596. The van der Waals surface area contributed by atoms with E-state index in [-0.39, 0.29) is 0 Å². The van der Waals surface area contributed by atoms with Crippen molar-refractivity contribution in [3.63, 3.8) is 0 Å². The van der Waals surface area contributed by atoms with Gasteiger partial charge in [0.05, 0.1) is 10.7 Å². The summed E-state index contributed by atoms with van der Waals surface area (Å²) in [7, 11) is 0. The molecule has 0 saturated carbocycles. The molecule has 0 saturated heterocycles. The third kappa shape index (κ3) is 4.68. The number of para-hydroxylation sites is 1. The molecular formula is C18H22ClNO. The van der Waals surface area contributed by atoms with E-state index in [0.29, 0.717) is 19.1 Å². The number of halogens is 1. The maximum absolute atomic E-state index is 6.09. The van der Waals surface area contributed by atoms with Gasteiger partial charge in [-0.1, -0.05) is 43.6 Å². The lowest BCUT2D eigenvalue weighted by Crippen LogP contribution is -2.12. The van der Waals surface area contributed by atoms with Gasteiger partial charge in [0.2, 0.25) is 0 Å². The summed E-state index contributed by atoms with van der Waals surface area (Å²) in [6.45, 7) is 7.80. The van der Waals surface area contributed by atoms with Crippen molar-refractivity contribution >= 4 is 17.3 Å². The van der Waals surface area contributed by atoms with Gasteiger partial charge in [-0.25, -0.2) is 0 Å². The zero-order valence-electron chi connectivity index (χ0n) is 12.8. The molecule has 3 heteroatoms. The van der Waals surface area contributed by atoms with Gasteiger partial charge in [0.15, 0.2) is 0 Å². The molecule has 2 aromatic carbocycles. The van der Waals surface area contributed by atoms with Crippen LogP contribution in [0.25, 0.3) is 0 Å². The van der Waals surface area contributed by atoms with Crippen LogP contribution < -0.4 is 10.1 Å². The first-order chi connectivity index (χ1) is 10.1. The average Bonchev–Trinajstić information content (AvgIpc) is 2.44. The Morgan fingerprint density at radius 3 is 2.62 bits per heavy atom. The van der Waals surface area contributed by atoms with E-state index in [9.17, 15) is 0 Å². The summed E-state index contributed by atoms with van der Waals surface area (Å²) in [6, 6.07) is 14.1. The number of ether oxygens (including phenoxy) is 1. The Kier molecular flexibility index (Phi) is 5.51. The van der Waals surface area contributed by atoms with Crippen molar-refractivity contribution in [3.8, 4) is 5.75 Å². The molecule has 0 radical (unpaired) electrons. The van der Waals surface area contributed by atoms with E-state index >= 15 is 0 Å². The van der Waals surface area contributed by atoms with Crippen LogP contribution in [0.15, 0.2) is 42.5 Å². The van der Waals surface area contributed by atoms with Crippen molar-refractivity contribution < 1.29 is 4.74 Å². The van der Waals surface area contributed by atoms with E-state index in [1.807, 2.05) is 24.3 Å². The van der Waals surface area contributed by atoms with E-state index in [0.717, 1.165) is 16.5 Å². The smallest absolute Gasteiger partial charge is 0.119 e. The molecule has 0 unspecified atom stereocenters. The third-order valence-corrected chi connectivity index (χ3v) is 3.63. The lowest BCUT2D eigenvalue weighted by Gasteiger charge is -2.13. The number of rotatable bonds is 6. The van der Waals surface area contributed by atoms with Crippen LogP contribution in [-0.2, 0) is 0 Å². The van der Waals surface area contributed by atoms with Crippen LogP contribution in [0.5, 0.6) is 5.75 Å². The van der Waals surface area contributed by atoms with Crippen LogP contribution in [0.3, 0.4) is 0 Å². The van der Waals surface area contributed by atoms with Crippen LogP contribution in [0, 0.1) is 6.92 Å². The fourth-order valence-corrected chi connectivity index (χ4v) is 2.35. The SMILES string of the molecule is Cc1cc(OCCNc2ccccc2Cl)cc(C(C)C)c1. The van der Waals surface area contributed by atoms with E-state index in [4.69, 9.17) is 16.3 Å². The highest BCUT2D eigenvalue weighted by atomic mass is 35.5. The average molecular weight is 304 g/mol. The molecule has 0 aromatic heterocycles. The van der Waals surface area contributed by atoms with Crippen molar-refractivity contribution in [2.75, 3.05) is 18.5 Å². The summed E-state index contributed by atoms with van der Waals surface area (Å²) < 4.78 is 5.83. The van der Waals surface area contributed by atoms with Crippen molar-refractivity contribution in [3.05, 3.63) is 58.6 Å². The molecule has 2 aromatic rings. The molecule has 0 aliphatic carbocycles. The maximum atomic E-state index is 6.09. The first kappa shape index (κ1) is 15.7. The third-order valence-electron chi connectivity index (χ3n) is 3.30. The number of aryl methyl sites for hydroxylation is 1. The van der Waals surface area contributed by atoms with Crippen LogP contribution in [0.1, 0.15) is 30.9 Å². The van der Waals surface area contributed by atoms with E-state index in [2.05, 4.69) is 44.3 Å². The first-order valence-corrected chi connectivity index (χ1v) is 7.67. The van der Waals surface area contributed by atoms with Crippen molar-refractivity contribution in [2.24, 2.45) is 0 Å². The molecule has 0 heterocycles.